The van der Waals surface area contributed by atoms with Crippen molar-refractivity contribution in [3.63, 3.8) is 0 Å². The molecule has 2 atom stereocenters. The minimum Gasteiger partial charge on any atom is -0.396 e. The molecule has 3 nitrogen and oxygen atoms in total. The minimum absolute atomic E-state index is 0.324. The topological polar surface area (TPSA) is 35.5 Å². The smallest absolute Gasteiger partial charge is 0.0431 e. The van der Waals surface area contributed by atoms with E-state index in [0.29, 0.717) is 12.6 Å². The van der Waals surface area contributed by atoms with Gasteiger partial charge in [-0.3, -0.25) is 0 Å². The van der Waals surface area contributed by atoms with Crippen molar-refractivity contribution in [2.75, 3.05) is 26.2 Å². The first-order valence-electron chi connectivity index (χ1n) is 6.88. The Labute approximate surface area is 99.2 Å². The van der Waals surface area contributed by atoms with Gasteiger partial charge in [0.15, 0.2) is 0 Å². The first-order chi connectivity index (χ1) is 7.79. The van der Waals surface area contributed by atoms with Gasteiger partial charge in [0.05, 0.1) is 0 Å². The second-order valence-electron chi connectivity index (χ2n) is 5.56. The molecule has 0 bridgehead atoms. The van der Waals surface area contributed by atoms with E-state index in [1.807, 2.05) is 0 Å². The molecule has 0 amide bonds. The van der Waals surface area contributed by atoms with Crippen LogP contribution in [0, 0.1) is 5.92 Å². The van der Waals surface area contributed by atoms with Crippen molar-refractivity contribution < 1.29 is 5.11 Å². The van der Waals surface area contributed by atoms with E-state index in [1.54, 1.807) is 0 Å². The Morgan fingerprint density at radius 3 is 2.88 bits per heavy atom. The van der Waals surface area contributed by atoms with E-state index in [1.165, 1.54) is 32.4 Å². The van der Waals surface area contributed by atoms with Crippen LogP contribution in [-0.2, 0) is 0 Å². The summed E-state index contributed by atoms with van der Waals surface area (Å²) in [5.41, 5.74) is 0. The van der Waals surface area contributed by atoms with Gasteiger partial charge in [-0.2, -0.15) is 0 Å². The number of aliphatic hydroxyl groups is 1. The van der Waals surface area contributed by atoms with Gasteiger partial charge >= 0.3 is 0 Å². The summed E-state index contributed by atoms with van der Waals surface area (Å²) in [5, 5.41) is 12.4. The second-order valence-corrected chi connectivity index (χ2v) is 5.56. The van der Waals surface area contributed by atoms with Crippen molar-refractivity contribution in [1.29, 1.82) is 0 Å². The minimum atomic E-state index is 0.324. The fourth-order valence-electron chi connectivity index (χ4n) is 2.67. The average Bonchev–Trinajstić information content (AvgIpc) is 3.03. The molecule has 2 unspecified atom stereocenters. The van der Waals surface area contributed by atoms with Crippen molar-refractivity contribution in [3.8, 4) is 0 Å². The molecule has 1 aliphatic carbocycles. The van der Waals surface area contributed by atoms with Crippen molar-refractivity contribution in [3.05, 3.63) is 0 Å². The molecule has 0 radical (unpaired) electrons. The SMILES string of the molecule is CC(CCCO)NCC1CCN(C2CC2)C1. The van der Waals surface area contributed by atoms with Gasteiger partial charge in [-0.15, -0.1) is 0 Å². The highest BCUT2D eigenvalue weighted by Gasteiger charge is 2.34. The normalized spacial score (nSPS) is 28.5. The van der Waals surface area contributed by atoms with Crippen molar-refractivity contribution in [2.45, 2.75) is 51.1 Å². The molecule has 0 aromatic rings. The predicted octanol–water partition coefficient (Wildman–Crippen LogP) is 1.22. The lowest BCUT2D eigenvalue weighted by Gasteiger charge is -2.18. The Hall–Kier alpha value is -0.120. The van der Waals surface area contributed by atoms with Crippen LogP contribution in [0.2, 0.25) is 0 Å². The molecule has 0 aromatic carbocycles. The van der Waals surface area contributed by atoms with Crippen LogP contribution in [0.1, 0.15) is 39.0 Å². The molecule has 0 aromatic heterocycles. The van der Waals surface area contributed by atoms with Crippen LogP contribution in [0.4, 0.5) is 0 Å². The molecule has 1 saturated heterocycles. The van der Waals surface area contributed by atoms with Gasteiger partial charge in [-0.05, 0) is 58.0 Å². The van der Waals surface area contributed by atoms with Crippen LogP contribution < -0.4 is 5.32 Å². The van der Waals surface area contributed by atoms with Crippen LogP contribution in [0.25, 0.3) is 0 Å². The van der Waals surface area contributed by atoms with E-state index < -0.39 is 0 Å². The number of rotatable bonds is 7. The maximum atomic E-state index is 8.76. The number of likely N-dealkylation sites (tertiary alicyclic amines) is 1. The third-order valence-electron chi connectivity index (χ3n) is 3.93. The van der Waals surface area contributed by atoms with Crippen LogP contribution in [-0.4, -0.2) is 48.3 Å². The summed E-state index contributed by atoms with van der Waals surface area (Å²) in [6, 6.07) is 1.50. The third kappa shape index (κ3) is 3.72. The number of nitrogens with one attached hydrogen (secondary N) is 1. The van der Waals surface area contributed by atoms with Gasteiger partial charge in [0.2, 0.25) is 0 Å². The summed E-state index contributed by atoms with van der Waals surface area (Å²) >= 11 is 0. The summed E-state index contributed by atoms with van der Waals surface area (Å²) in [6.07, 6.45) is 6.26. The van der Waals surface area contributed by atoms with Crippen LogP contribution in [0.15, 0.2) is 0 Å². The third-order valence-corrected chi connectivity index (χ3v) is 3.93. The van der Waals surface area contributed by atoms with Gasteiger partial charge in [-0.1, -0.05) is 0 Å². The number of hydrogen-bond donors (Lipinski definition) is 2. The molecule has 2 fully saturated rings. The summed E-state index contributed by atoms with van der Waals surface area (Å²) in [4.78, 5) is 2.67. The quantitative estimate of drug-likeness (QED) is 0.685. The van der Waals surface area contributed by atoms with Crippen molar-refractivity contribution in [1.82, 2.24) is 10.2 Å². The van der Waals surface area contributed by atoms with Gasteiger partial charge in [0, 0.05) is 25.2 Å². The van der Waals surface area contributed by atoms with Gasteiger partial charge in [0.25, 0.3) is 0 Å². The van der Waals surface area contributed by atoms with Crippen LogP contribution in [0.3, 0.4) is 0 Å². The first kappa shape index (κ1) is 12.3. The van der Waals surface area contributed by atoms with Gasteiger partial charge in [-0.25, -0.2) is 0 Å². The highest BCUT2D eigenvalue weighted by molar-refractivity contribution is 4.90. The lowest BCUT2D eigenvalue weighted by Crippen LogP contribution is -2.33. The number of nitrogens with zero attached hydrogens (tertiary/aromatic N) is 1. The zero-order chi connectivity index (χ0) is 11.4. The fraction of sp³-hybridized carbons (Fsp3) is 1.00. The Kier molecular flexibility index (Phi) is 4.62. The summed E-state index contributed by atoms with van der Waals surface area (Å²) in [6.45, 7) is 6.34. The first-order valence-corrected chi connectivity index (χ1v) is 6.88. The molecule has 1 saturated carbocycles. The molecule has 0 spiro atoms. The lowest BCUT2D eigenvalue weighted by atomic mass is 10.1. The maximum absolute atomic E-state index is 8.76. The average molecular weight is 226 g/mol. The van der Waals surface area contributed by atoms with E-state index in [0.717, 1.165) is 31.3 Å². The molecular formula is C13H26N2O. The lowest BCUT2D eigenvalue weighted by molar-refractivity contribution is 0.273. The Morgan fingerprint density at radius 1 is 1.38 bits per heavy atom. The molecule has 2 rings (SSSR count). The van der Waals surface area contributed by atoms with E-state index >= 15 is 0 Å². The van der Waals surface area contributed by atoms with Crippen LogP contribution >= 0.6 is 0 Å². The monoisotopic (exact) mass is 226 g/mol. The van der Waals surface area contributed by atoms with Gasteiger partial charge < -0.3 is 15.3 Å². The summed E-state index contributed by atoms with van der Waals surface area (Å²) in [5.74, 6) is 0.858. The second kappa shape index (κ2) is 5.99. The standard InChI is InChI=1S/C13H26N2O/c1-11(3-2-8-16)14-9-12-6-7-15(10-12)13-4-5-13/h11-14,16H,2-10H2,1H3. The van der Waals surface area contributed by atoms with Gasteiger partial charge in [0.1, 0.15) is 0 Å². The molecule has 3 heteroatoms. The zero-order valence-electron chi connectivity index (χ0n) is 10.5. The van der Waals surface area contributed by atoms with E-state index in [-0.39, 0.29) is 0 Å². The highest BCUT2D eigenvalue weighted by Crippen LogP contribution is 2.31. The Morgan fingerprint density at radius 2 is 2.19 bits per heavy atom. The number of aliphatic hydroxyl groups excluding tert-OH is 1. The molecule has 2 N–H and O–H groups in total. The van der Waals surface area contributed by atoms with E-state index in [4.69, 9.17) is 5.11 Å². The highest BCUT2D eigenvalue weighted by atomic mass is 16.2. The zero-order valence-corrected chi connectivity index (χ0v) is 10.5. The fourth-order valence-corrected chi connectivity index (χ4v) is 2.67. The molecule has 1 aliphatic heterocycles. The molecule has 1 heterocycles. The predicted molar refractivity (Wildman–Crippen MR) is 66.5 cm³/mol. The largest absolute Gasteiger partial charge is 0.396 e. The maximum Gasteiger partial charge on any atom is 0.0431 e. The number of hydrogen-bond acceptors (Lipinski definition) is 3. The van der Waals surface area contributed by atoms with E-state index in [2.05, 4.69) is 17.1 Å². The molecule has 94 valence electrons. The summed E-state index contributed by atoms with van der Waals surface area (Å²) in [7, 11) is 0. The molecule has 16 heavy (non-hydrogen) atoms. The van der Waals surface area contributed by atoms with Crippen molar-refractivity contribution in [2.24, 2.45) is 5.92 Å². The Bertz CT molecular complexity index is 206. The summed E-state index contributed by atoms with van der Waals surface area (Å²) < 4.78 is 0. The van der Waals surface area contributed by atoms with Crippen molar-refractivity contribution >= 4 is 0 Å². The van der Waals surface area contributed by atoms with Crippen LogP contribution in [0.5, 0.6) is 0 Å². The molecule has 2 aliphatic rings. The Balaban J connectivity index is 1.56. The van der Waals surface area contributed by atoms with E-state index in [9.17, 15) is 0 Å². The molecular weight excluding hydrogens is 200 g/mol.